The van der Waals surface area contributed by atoms with E-state index >= 15 is 0 Å². The summed E-state index contributed by atoms with van der Waals surface area (Å²) in [4.78, 5) is 0. The lowest BCUT2D eigenvalue weighted by Crippen LogP contribution is -1.97. The summed E-state index contributed by atoms with van der Waals surface area (Å²) in [5.41, 5.74) is 19.3. The number of hydrogen-bond acceptors (Lipinski definition) is 1. The number of nitrogens with two attached hydrogens (primary N) is 1. The zero-order valence-corrected chi connectivity index (χ0v) is 24.2. The fourth-order valence-electron chi connectivity index (χ4n) is 5.39. The fraction of sp³-hybridized carbons (Fsp3) is 0.0476. The van der Waals surface area contributed by atoms with Crippen molar-refractivity contribution in [3.05, 3.63) is 204 Å². The van der Waals surface area contributed by atoms with E-state index in [1.54, 1.807) is 0 Å². The van der Waals surface area contributed by atoms with Crippen molar-refractivity contribution >= 4 is 11.3 Å². The molecule has 6 rings (SSSR count). The lowest BCUT2D eigenvalue weighted by molar-refractivity contribution is 1.19. The first-order valence-corrected chi connectivity index (χ1v) is 14.8. The molecule has 0 saturated carbocycles. The molecule has 208 valence electrons. The first-order valence-electron chi connectivity index (χ1n) is 14.8. The highest BCUT2D eigenvalue weighted by atomic mass is 14.6. The van der Waals surface area contributed by atoms with Crippen molar-refractivity contribution in [2.24, 2.45) is 5.73 Å². The zero-order chi connectivity index (χ0) is 29.3. The minimum absolute atomic E-state index is 0.753. The molecule has 0 heterocycles. The average Bonchev–Trinajstić information content (AvgIpc) is 3.08. The normalized spacial score (nSPS) is 11.8. The number of allylic oxidation sites excluding steroid dienone is 3. The van der Waals surface area contributed by atoms with Gasteiger partial charge in [-0.2, -0.15) is 0 Å². The summed E-state index contributed by atoms with van der Waals surface area (Å²) >= 11 is 0. The molecule has 6 aromatic rings. The highest BCUT2D eigenvalue weighted by molar-refractivity contribution is 5.85. The van der Waals surface area contributed by atoms with Crippen molar-refractivity contribution in [1.82, 2.24) is 0 Å². The molecule has 0 aliphatic heterocycles. The van der Waals surface area contributed by atoms with Crippen molar-refractivity contribution < 1.29 is 0 Å². The van der Waals surface area contributed by atoms with E-state index in [0.29, 0.717) is 0 Å². The van der Waals surface area contributed by atoms with Gasteiger partial charge in [-0.1, -0.05) is 158 Å². The van der Waals surface area contributed by atoms with Crippen LogP contribution in [-0.2, 0) is 12.8 Å². The Morgan fingerprint density at radius 2 is 0.953 bits per heavy atom. The summed E-state index contributed by atoms with van der Waals surface area (Å²) in [7, 11) is 0. The highest BCUT2D eigenvalue weighted by Gasteiger charge is 2.07. The number of rotatable bonds is 9. The first kappa shape index (κ1) is 27.8. The van der Waals surface area contributed by atoms with Crippen LogP contribution < -0.4 is 5.73 Å². The molecule has 0 amide bonds. The fourth-order valence-corrected chi connectivity index (χ4v) is 5.39. The van der Waals surface area contributed by atoms with Crippen LogP contribution in [-0.4, -0.2) is 0 Å². The van der Waals surface area contributed by atoms with E-state index in [9.17, 15) is 0 Å². The zero-order valence-electron chi connectivity index (χ0n) is 24.2. The van der Waals surface area contributed by atoms with Gasteiger partial charge in [-0.15, -0.1) is 0 Å². The molecule has 0 bridgehead atoms. The standard InChI is InChI=1S/C42H35N/c43-42(36-16-8-3-9-17-36)31-41(27-22-32-12-4-1-5-13-32)40-21-11-20-39(30-40)38-19-10-18-37(29-38)35-25-23-34(24-26-35)28-33-14-6-2-7-15-33/h1-21,23-27,29-31H,22,28,43H2/b41-27+,42-31-. The molecule has 1 nitrogen and oxygen atoms in total. The van der Waals surface area contributed by atoms with Crippen LogP contribution in [0, 0.1) is 0 Å². The van der Waals surface area contributed by atoms with Crippen molar-refractivity contribution in [2.75, 3.05) is 0 Å². The van der Waals surface area contributed by atoms with E-state index < -0.39 is 0 Å². The Balaban J connectivity index is 1.29. The number of hydrogen-bond donors (Lipinski definition) is 1. The molecule has 0 aliphatic carbocycles. The summed E-state index contributed by atoms with van der Waals surface area (Å²) in [6.45, 7) is 0. The van der Waals surface area contributed by atoms with Crippen molar-refractivity contribution in [3.63, 3.8) is 0 Å². The second kappa shape index (κ2) is 13.5. The molecular formula is C42H35N. The Labute approximate surface area is 255 Å². The topological polar surface area (TPSA) is 26.0 Å². The predicted octanol–water partition coefficient (Wildman–Crippen LogP) is 10.2. The van der Waals surface area contributed by atoms with Gasteiger partial charge in [-0.05, 0) is 86.7 Å². The van der Waals surface area contributed by atoms with Crippen molar-refractivity contribution in [3.8, 4) is 22.3 Å². The van der Waals surface area contributed by atoms with Crippen LogP contribution in [0.5, 0.6) is 0 Å². The Morgan fingerprint density at radius 1 is 0.442 bits per heavy atom. The molecule has 0 fully saturated rings. The molecule has 1 heteroatoms. The molecule has 0 atom stereocenters. The van der Waals surface area contributed by atoms with E-state index in [1.165, 1.54) is 38.9 Å². The molecular weight excluding hydrogens is 518 g/mol. The molecule has 0 spiro atoms. The molecule has 6 aromatic carbocycles. The van der Waals surface area contributed by atoms with Gasteiger partial charge in [0.25, 0.3) is 0 Å². The van der Waals surface area contributed by atoms with Crippen LogP contribution in [0.4, 0.5) is 0 Å². The summed E-state index contributed by atoms with van der Waals surface area (Å²) in [5, 5.41) is 0. The van der Waals surface area contributed by atoms with E-state index in [2.05, 4.69) is 158 Å². The van der Waals surface area contributed by atoms with Crippen LogP contribution in [0.1, 0.15) is 27.8 Å². The maximum Gasteiger partial charge on any atom is 0.0393 e. The van der Waals surface area contributed by atoms with E-state index in [0.717, 1.165) is 35.2 Å². The third kappa shape index (κ3) is 7.28. The first-order chi connectivity index (χ1) is 21.2. The highest BCUT2D eigenvalue weighted by Crippen LogP contribution is 2.30. The summed E-state index contributed by atoms with van der Waals surface area (Å²) < 4.78 is 0. The van der Waals surface area contributed by atoms with Crippen LogP contribution in [0.3, 0.4) is 0 Å². The summed E-state index contributed by atoms with van der Waals surface area (Å²) in [5.74, 6) is 0. The quantitative estimate of drug-likeness (QED) is 0.177. The van der Waals surface area contributed by atoms with Crippen LogP contribution in [0.15, 0.2) is 176 Å². The Bertz CT molecular complexity index is 1830. The monoisotopic (exact) mass is 553 g/mol. The largest absolute Gasteiger partial charge is 0.398 e. The lowest BCUT2D eigenvalue weighted by atomic mass is 9.94. The summed E-state index contributed by atoms with van der Waals surface area (Å²) in [6.07, 6.45) is 6.15. The molecule has 2 N–H and O–H groups in total. The molecule has 0 aliphatic rings. The second-order valence-corrected chi connectivity index (χ2v) is 10.8. The minimum Gasteiger partial charge on any atom is -0.398 e. The van der Waals surface area contributed by atoms with Crippen LogP contribution in [0.25, 0.3) is 33.5 Å². The van der Waals surface area contributed by atoms with E-state index in [1.807, 2.05) is 18.2 Å². The maximum absolute atomic E-state index is 6.61. The number of benzene rings is 6. The predicted molar refractivity (Wildman–Crippen MR) is 183 cm³/mol. The third-order valence-electron chi connectivity index (χ3n) is 7.75. The second-order valence-electron chi connectivity index (χ2n) is 10.8. The van der Waals surface area contributed by atoms with Crippen LogP contribution in [0.2, 0.25) is 0 Å². The van der Waals surface area contributed by atoms with Gasteiger partial charge in [0.05, 0.1) is 0 Å². The van der Waals surface area contributed by atoms with Crippen molar-refractivity contribution in [2.45, 2.75) is 12.8 Å². The van der Waals surface area contributed by atoms with Gasteiger partial charge in [-0.25, -0.2) is 0 Å². The lowest BCUT2D eigenvalue weighted by Gasteiger charge is -2.11. The maximum atomic E-state index is 6.61. The third-order valence-corrected chi connectivity index (χ3v) is 7.75. The van der Waals surface area contributed by atoms with Gasteiger partial charge in [0.15, 0.2) is 0 Å². The Hall–Kier alpha value is -5.40. The van der Waals surface area contributed by atoms with Gasteiger partial charge < -0.3 is 5.73 Å². The van der Waals surface area contributed by atoms with Gasteiger partial charge in [0.2, 0.25) is 0 Å². The molecule has 0 unspecified atom stereocenters. The van der Waals surface area contributed by atoms with Gasteiger partial charge >= 0.3 is 0 Å². The van der Waals surface area contributed by atoms with Gasteiger partial charge in [-0.3, -0.25) is 0 Å². The van der Waals surface area contributed by atoms with Gasteiger partial charge in [0.1, 0.15) is 0 Å². The van der Waals surface area contributed by atoms with Gasteiger partial charge in [0, 0.05) is 5.70 Å². The molecule has 0 aromatic heterocycles. The summed E-state index contributed by atoms with van der Waals surface area (Å²) in [6, 6.07) is 57.8. The van der Waals surface area contributed by atoms with Crippen molar-refractivity contribution in [1.29, 1.82) is 0 Å². The SMILES string of the molecule is N/C(=C\C(=C/Cc1ccccc1)c1cccc(-c2cccc(-c3ccc(Cc4ccccc4)cc3)c2)c1)c1ccccc1. The molecule has 43 heavy (non-hydrogen) atoms. The van der Waals surface area contributed by atoms with Crippen LogP contribution >= 0.6 is 0 Å². The van der Waals surface area contributed by atoms with E-state index in [4.69, 9.17) is 5.73 Å². The Kier molecular flexibility index (Phi) is 8.72. The minimum atomic E-state index is 0.753. The van der Waals surface area contributed by atoms with E-state index in [-0.39, 0.29) is 0 Å². The smallest absolute Gasteiger partial charge is 0.0393 e. The molecule has 0 radical (unpaired) electrons. The Morgan fingerprint density at radius 3 is 1.63 bits per heavy atom. The molecule has 0 saturated heterocycles. The average molecular weight is 554 g/mol.